The second-order valence-corrected chi connectivity index (χ2v) is 7.36. The van der Waals surface area contributed by atoms with E-state index in [0.29, 0.717) is 12.2 Å². The lowest BCUT2D eigenvalue weighted by Crippen LogP contribution is -2.49. The highest BCUT2D eigenvalue weighted by atomic mass is 16.5. The van der Waals surface area contributed by atoms with E-state index in [4.69, 9.17) is 4.74 Å². The molecule has 1 aromatic heterocycles. The zero-order valence-electron chi connectivity index (χ0n) is 16.6. The van der Waals surface area contributed by atoms with Gasteiger partial charge in [0.15, 0.2) is 0 Å². The van der Waals surface area contributed by atoms with Crippen LogP contribution in [0.2, 0.25) is 0 Å². The number of carbonyl (C=O) groups is 1. The number of nitrogens with zero attached hydrogens (tertiary/aromatic N) is 3. The third kappa shape index (κ3) is 4.63. The van der Waals surface area contributed by atoms with E-state index in [-0.39, 0.29) is 11.9 Å². The van der Waals surface area contributed by atoms with Crippen molar-refractivity contribution in [1.29, 1.82) is 0 Å². The molecule has 1 unspecified atom stereocenters. The molecule has 0 N–H and O–H groups in total. The normalized spacial score (nSPS) is 17.1. The van der Waals surface area contributed by atoms with Crippen molar-refractivity contribution < 1.29 is 9.53 Å². The molecule has 3 aromatic rings. The van der Waals surface area contributed by atoms with Crippen molar-refractivity contribution in [3.05, 3.63) is 95.8 Å². The van der Waals surface area contributed by atoms with Crippen LogP contribution in [0, 0.1) is 0 Å². The third-order valence-electron chi connectivity index (χ3n) is 5.28. The van der Waals surface area contributed by atoms with Crippen LogP contribution < -0.4 is 4.74 Å². The van der Waals surface area contributed by atoms with Crippen LogP contribution in [0.25, 0.3) is 0 Å². The Hall–Kier alpha value is -3.18. The van der Waals surface area contributed by atoms with E-state index < -0.39 is 0 Å². The zero-order chi connectivity index (χ0) is 20.1. The average molecular weight is 387 g/mol. The van der Waals surface area contributed by atoms with Crippen LogP contribution in [-0.4, -0.2) is 47.4 Å². The van der Waals surface area contributed by atoms with E-state index in [1.54, 1.807) is 12.4 Å². The molecule has 148 valence electrons. The number of aromatic nitrogens is 1. The molecule has 29 heavy (non-hydrogen) atoms. The van der Waals surface area contributed by atoms with Gasteiger partial charge in [-0.15, -0.1) is 0 Å². The standard InChI is InChI=1S/C24H25N3O2/c1-26-15-16-27(23(17-26)20-5-3-2-4-6-20)24(28)21-7-9-22(10-8-21)29-18-19-11-13-25-14-12-19/h2-14,23H,15-18H2,1H3. The van der Waals surface area contributed by atoms with Gasteiger partial charge in [-0.3, -0.25) is 9.78 Å². The largest absolute Gasteiger partial charge is 0.489 e. The molecule has 2 heterocycles. The van der Waals surface area contributed by atoms with E-state index in [1.807, 2.05) is 59.5 Å². The van der Waals surface area contributed by atoms with Crippen molar-refractivity contribution in [2.75, 3.05) is 26.7 Å². The predicted octanol–water partition coefficient (Wildman–Crippen LogP) is 3.79. The molecular formula is C24H25N3O2. The van der Waals surface area contributed by atoms with Gasteiger partial charge in [-0.25, -0.2) is 0 Å². The van der Waals surface area contributed by atoms with Gasteiger partial charge in [0, 0.05) is 37.6 Å². The van der Waals surface area contributed by atoms with Crippen molar-refractivity contribution in [1.82, 2.24) is 14.8 Å². The van der Waals surface area contributed by atoms with E-state index in [1.165, 1.54) is 5.56 Å². The summed E-state index contributed by atoms with van der Waals surface area (Å²) >= 11 is 0. The Bertz CT molecular complexity index is 929. The number of piperazine rings is 1. The molecule has 1 aliphatic heterocycles. The Morgan fingerprint density at radius 1 is 1.00 bits per heavy atom. The van der Waals surface area contributed by atoms with Gasteiger partial charge in [0.05, 0.1) is 6.04 Å². The molecule has 1 aliphatic rings. The summed E-state index contributed by atoms with van der Waals surface area (Å²) in [6, 6.07) is 21.6. The van der Waals surface area contributed by atoms with Gasteiger partial charge >= 0.3 is 0 Å². The SMILES string of the molecule is CN1CCN(C(=O)c2ccc(OCc3ccncc3)cc2)C(c2ccccc2)C1. The van der Waals surface area contributed by atoms with Crippen LogP contribution in [-0.2, 0) is 6.61 Å². The summed E-state index contributed by atoms with van der Waals surface area (Å²) in [6.07, 6.45) is 3.50. The number of hydrogen-bond donors (Lipinski definition) is 0. The molecule has 4 rings (SSSR count). The fourth-order valence-electron chi connectivity index (χ4n) is 3.63. The Labute approximate surface area is 171 Å². The van der Waals surface area contributed by atoms with E-state index in [9.17, 15) is 4.79 Å². The zero-order valence-corrected chi connectivity index (χ0v) is 16.6. The highest BCUT2D eigenvalue weighted by Crippen LogP contribution is 2.27. The van der Waals surface area contributed by atoms with Gasteiger partial charge in [0.25, 0.3) is 5.91 Å². The summed E-state index contributed by atoms with van der Waals surface area (Å²) in [5, 5.41) is 0. The van der Waals surface area contributed by atoms with E-state index >= 15 is 0 Å². The molecule has 2 aromatic carbocycles. The molecule has 0 spiro atoms. The highest BCUT2D eigenvalue weighted by molar-refractivity contribution is 5.94. The van der Waals surface area contributed by atoms with Gasteiger partial charge in [0.1, 0.15) is 12.4 Å². The maximum absolute atomic E-state index is 13.2. The first-order valence-corrected chi connectivity index (χ1v) is 9.87. The van der Waals surface area contributed by atoms with E-state index in [2.05, 4.69) is 29.1 Å². The second kappa shape index (κ2) is 8.88. The van der Waals surface area contributed by atoms with Crippen LogP contribution in [0.4, 0.5) is 0 Å². The molecule has 1 fully saturated rings. The van der Waals surface area contributed by atoms with Crippen LogP contribution in [0.1, 0.15) is 27.5 Å². The van der Waals surface area contributed by atoms with Crippen molar-refractivity contribution in [2.24, 2.45) is 0 Å². The van der Waals surface area contributed by atoms with Crippen molar-refractivity contribution >= 4 is 5.91 Å². The van der Waals surface area contributed by atoms with Gasteiger partial charge in [-0.2, -0.15) is 0 Å². The lowest BCUT2D eigenvalue weighted by molar-refractivity contribution is 0.0498. The number of rotatable bonds is 5. The van der Waals surface area contributed by atoms with E-state index in [0.717, 1.165) is 30.9 Å². The van der Waals surface area contributed by atoms with Gasteiger partial charge in [-0.1, -0.05) is 30.3 Å². The molecule has 0 radical (unpaired) electrons. The molecule has 1 amide bonds. The second-order valence-electron chi connectivity index (χ2n) is 7.36. The van der Waals surface area contributed by atoms with Crippen molar-refractivity contribution in [2.45, 2.75) is 12.6 Å². The fourth-order valence-corrected chi connectivity index (χ4v) is 3.63. The summed E-state index contributed by atoms with van der Waals surface area (Å²) < 4.78 is 5.82. The predicted molar refractivity (Wildman–Crippen MR) is 113 cm³/mol. The number of hydrogen-bond acceptors (Lipinski definition) is 4. The first-order valence-electron chi connectivity index (χ1n) is 9.87. The molecule has 0 aliphatic carbocycles. The minimum atomic E-state index is 0.0602. The first kappa shape index (κ1) is 19.2. The third-order valence-corrected chi connectivity index (χ3v) is 5.28. The maximum atomic E-state index is 13.2. The summed E-state index contributed by atoms with van der Waals surface area (Å²) in [4.78, 5) is 21.5. The minimum Gasteiger partial charge on any atom is -0.489 e. The van der Waals surface area contributed by atoms with Gasteiger partial charge in [-0.05, 0) is 54.6 Å². The number of amides is 1. The van der Waals surface area contributed by atoms with Gasteiger partial charge in [0.2, 0.25) is 0 Å². The molecule has 1 atom stereocenters. The maximum Gasteiger partial charge on any atom is 0.254 e. The summed E-state index contributed by atoms with van der Waals surface area (Å²) in [5.74, 6) is 0.809. The molecule has 1 saturated heterocycles. The Morgan fingerprint density at radius 3 is 2.45 bits per heavy atom. The lowest BCUT2D eigenvalue weighted by Gasteiger charge is -2.40. The molecular weight excluding hydrogens is 362 g/mol. The number of likely N-dealkylation sites (N-methyl/N-ethyl adjacent to an activating group) is 1. The monoisotopic (exact) mass is 387 g/mol. The Morgan fingerprint density at radius 2 is 1.72 bits per heavy atom. The van der Waals surface area contributed by atoms with Crippen LogP contribution in [0.3, 0.4) is 0 Å². The summed E-state index contributed by atoms with van der Waals surface area (Å²) in [7, 11) is 2.10. The number of benzene rings is 2. The fraction of sp³-hybridized carbons (Fsp3) is 0.250. The highest BCUT2D eigenvalue weighted by Gasteiger charge is 2.30. The Balaban J connectivity index is 1.46. The van der Waals surface area contributed by atoms with Crippen molar-refractivity contribution in [3.8, 4) is 5.75 Å². The molecule has 5 nitrogen and oxygen atoms in total. The lowest BCUT2D eigenvalue weighted by atomic mass is 10.0. The molecule has 5 heteroatoms. The number of pyridine rings is 1. The minimum absolute atomic E-state index is 0.0602. The van der Waals surface area contributed by atoms with Crippen molar-refractivity contribution in [3.63, 3.8) is 0 Å². The molecule has 0 saturated carbocycles. The van der Waals surface area contributed by atoms with Gasteiger partial charge < -0.3 is 14.5 Å². The van der Waals surface area contributed by atoms with Crippen LogP contribution in [0.15, 0.2) is 79.1 Å². The number of ether oxygens (including phenoxy) is 1. The van der Waals surface area contributed by atoms with Crippen LogP contribution >= 0.6 is 0 Å². The quantitative estimate of drug-likeness (QED) is 0.668. The Kier molecular flexibility index (Phi) is 5.86. The topological polar surface area (TPSA) is 45.7 Å². The summed E-state index contributed by atoms with van der Waals surface area (Å²) in [5.41, 5.74) is 2.92. The smallest absolute Gasteiger partial charge is 0.254 e. The average Bonchev–Trinajstić information content (AvgIpc) is 2.79. The number of carbonyl (C=O) groups excluding carboxylic acids is 1. The summed E-state index contributed by atoms with van der Waals surface area (Å²) in [6.45, 7) is 2.91. The molecule has 0 bridgehead atoms. The van der Waals surface area contributed by atoms with Crippen LogP contribution in [0.5, 0.6) is 5.75 Å². The first-order chi connectivity index (χ1) is 14.2.